The highest BCUT2D eigenvalue weighted by Gasteiger charge is 2.56. The summed E-state index contributed by atoms with van der Waals surface area (Å²) in [4.78, 5) is 35.2. The number of amides is 2. The van der Waals surface area contributed by atoms with Crippen LogP contribution in [0.3, 0.4) is 0 Å². The molecule has 1 aromatic heterocycles. The molecular weight excluding hydrogens is 381 g/mol. The summed E-state index contributed by atoms with van der Waals surface area (Å²) in [6.45, 7) is 0. The molecule has 0 saturated heterocycles. The Balaban J connectivity index is 1.85. The monoisotopic (exact) mass is 396 g/mol. The van der Waals surface area contributed by atoms with Crippen molar-refractivity contribution in [3.63, 3.8) is 0 Å². The molecular formula is C17H15F3N4O4. The minimum atomic E-state index is -4.93. The molecule has 1 aliphatic carbocycles. The Hall–Kier alpha value is -3.37. The lowest BCUT2D eigenvalue weighted by molar-refractivity contribution is -0.143. The summed E-state index contributed by atoms with van der Waals surface area (Å²) in [6.07, 6.45) is -3.47. The first-order valence-electron chi connectivity index (χ1n) is 8.13. The Morgan fingerprint density at radius 3 is 2.21 bits per heavy atom. The second kappa shape index (κ2) is 6.66. The number of halogens is 3. The molecule has 8 nitrogen and oxygen atoms in total. The minimum Gasteiger partial charge on any atom is -0.478 e. The van der Waals surface area contributed by atoms with Gasteiger partial charge in [-0.15, -0.1) is 0 Å². The summed E-state index contributed by atoms with van der Waals surface area (Å²) in [5, 5.41) is 17.5. The van der Waals surface area contributed by atoms with E-state index in [1.807, 2.05) is 0 Å². The zero-order chi connectivity index (χ0) is 20.7. The van der Waals surface area contributed by atoms with Gasteiger partial charge in [0.2, 0.25) is 11.8 Å². The van der Waals surface area contributed by atoms with Crippen molar-refractivity contribution in [2.24, 2.45) is 5.41 Å². The molecule has 11 heteroatoms. The van der Waals surface area contributed by atoms with Crippen LogP contribution in [0.15, 0.2) is 30.5 Å². The van der Waals surface area contributed by atoms with Gasteiger partial charge in [-0.1, -0.05) is 0 Å². The topological polar surface area (TPSA) is 113 Å². The lowest BCUT2D eigenvalue weighted by atomic mass is 10.1. The standard InChI is InChI=1S/C17H15F3N4O4/c1-21-14(27)16(6-7-16)15(28)23-9-2-4-10(5-3-9)24-12(17(18,19)20)11(8-22-24)13(25)26/h2-5,8H,6-7H2,1H3,(H,21,27)(H,23,28)(H,25,26). The Morgan fingerprint density at radius 2 is 1.75 bits per heavy atom. The van der Waals surface area contributed by atoms with Crippen LogP contribution >= 0.6 is 0 Å². The second-order valence-corrected chi connectivity index (χ2v) is 6.28. The zero-order valence-corrected chi connectivity index (χ0v) is 14.5. The Labute approximate surface area is 156 Å². The summed E-state index contributed by atoms with van der Waals surface area (Å²) < 4.78 is 40.3. The smallest absolute Gasteiger partial charge is 0.434 e. The van der Waals surface area contributed by atoms with Gasteiger partial charge < -0.3 is 15.7 Å². The molecule has 0 radical (unpaired) electrons. The number of aromatic carboxylic acids is 1. The molecule has 0 aliphatic heterocycles. The quantitative estimate of drug-likeness (QED) is 0.670. The molecule has 2 amide bonds. The number of hydrogen-bond donors (Lipinski definition) is 3. The largest absolute Gasteiger partial charge is 0.478 e. The molecule has 28 heavy (non-hydrogen) atoms. The van der Waals surface area contributed by atoms with Crippen molar-refractivity contribution in [3.8, 4) is 5.69 Å². The number of hydrogen-bond acceptors (Lipinski definition) is 4. The average molecular weight is 396 g/mol. The third-order valence-corrected chi connectivity index (χ3v) is 4.48. The third-order valence-electron chi connectivity index (χ3n) is 4.48. The first-order valence-corrected chi connectivity index (χ1v) is 8.13. The van der Waals surface area contributed by atoms with E-state index in [9.17, 15) is 27.6 Å². The van der Waals surface area contributed by atoms with E-state index in [1.165, 1.54) is 31.3 Å². The van der Waals surface area contributed by atoms with Gasteiger partial charge in [-0.3, -0.25) is 9.59 Å². The number of carbonyl (C=O) groups is 3. The van der Waals surface area contributed by atoms with E-state index >= 15 is 0 Å². The van der Waals surface area contributed by atoms with Gasteiger partial charge in [0, 0.05) is 12.7 Å². The maximum atomic E-state index is 13.3. The average Bonchev–Trinajstić information content (AvgIpc) is 3.32. The van der Waals surface area contributed by atoms with Crippen LogP contribution in [0.5, 0.6) is 0 Å². The van der Waals surface area contributed by atoms with E-state index in [2.05, 4.69) is 15.7 Å². The van der Waals surface area contributed by atoms with Gasteiger partial charge in [-0.25, -0.2) is 9.48 Å². The number of benzene rings is 1. The first kappa shape index (κ1) is 19.4. The second-order valence-electron chi connectivity index (χ2n) is 6.28. The van der Waals surface area contributed by atoms with Crippen LogP contribution in [0.25, 0.3) is 5.69 Å². The Morgan fingerprint density at radius 1 is 1.14 bits per heavy atom. The van der Waals surface area contributed by atoms with Gasteiger partial charge in [0.25, 0.3) is 0 Å². The van der Waals surface area contributed by atoms with Gasteiger partial charge in [0.05, 0.1) is 11.9 Å². The van der Waals surface area contributed by atoms with Crippen molar-refractivity contribution < 1.29 is 32.7 Å². The normalized spacial score (nSPS) is 15.0. The number of anilines is 1. The van der Waals surface area contributed by atoms with E-state index < -0.39 is 40.6 Å². The van der Waals surface area contributed by atoms with Gasteiger partial charge in [0.1, 0.15) is 11.0 Å². The van der Waals surface area contributed by atoms with E-state index in [1.54, 1.807) is 0 Å². The SMILES string of the molecule is CNC(=O)C1(C(=O)Nc2ccc(-n3ncc(C(=O)O)c3C(F)(F)F)cc2)CC1. The molecule has 3 rings (SSSR count). The summed E-state index contributed by atoms with van der Waals surface area (Å²) in [6, 6.07) is 5.19. The summed E-state index contributed by atoms with van der Waals surface area (Å²) in [5.74, 6) is -2.64. The van der Waals surface area contributed by atoms with E-state index in [0.717, 1.165) is 0 Å². The number of carbonyl (C=O) groups excluding carboxylic acids is 2. The van der Waals surface area contributed by atoms with Crippen LogP contribution < -0.4 is 10.6 Å². The molecule has 2 aromatic rings. The summed E-state index contributed by atoms with van der Waals surface area (Å²) in [5.41, 5.74) is -3.25. The summed E-state index contributed by atoms with van der Waals surface area (Å²) in [7, 11) is 1.43. The lowest BCUT2D eigenvalue weighted by Crippen LogP contribution is -2.38. The fraction of sp³-hybridized carbons (Fsp3) is 0.294. The van der Waals surface area contributed by atoms with E-state index in [-0.39, 0.29) is 11.4 Å². The number of aromatic nitrogens is 2. The molecule has 148 valence electrons. The molecule has 3 N–H and O–H groups in total. The third kappa shape index (κ3) is 3.30. The van der Waals surface area contributed by atoms with Gasteiger partial charge in [0.15, 0.2) is 5.69 Å². The van der Waals surface area contributed by atoms with Crippen LogP contribution in [0.2, 0.25) is 0 Å². The van der Waals surface area contributed by atoms with Crippen LogP contribution in [0.4, 0.5) is 18.9 Å². The predicted molar refractivity (Wildman–Crippen MR) is 89.9 cm³/mol. The number of carboxylic acids is 1. The molecule has 0 bridgehead atoms. The van der Waals surface area contributed by atoms with Crippen molar-refractivity contribution in [1.82, 2.24) is 15.1 Å². The molecule has 0 atom stereocenters. The van der Waals surface area contributed by atoms with Crippen LogP contribution in [-0.2, 0) is 15.8 Å². The molecule has 1 fully saturated rings. The number of carboxylic acid groups (broad SMARTS) is 1. The minimum absolute atomic E-state index is 0.0368. The van der Waals surface area contributed by atoms with Crippen molar-refractivity contribution in [2.45, 2.75) is 19.0 Å². The molecule has 0 spiro atoms. The van der Waals surface area contributed by atoms with Gasteiger partial charge >= 0.3 is 12.1 Å². The van der Waals surface area contributed by atoms with Crippen molar-refractivity contribution in [3.05, 3.63) is 41.7 Å². The van der Waals surface area contributed by atoms with Crippen LogP contribution in [0.1, 0.15) is 28.9 Å². The van der Waals surface area contributed by atoms with Crippen molar-refractivity contribution in [1.29, 1.82) is 0 Å². The fourth-order valence-corrected chi connectivity index (χ4v) is 2.83. The molecule has 1 saturated carbocycles. The fourth-order valence-electron chi connectivity index (χ4n) is 2.83. The number of nitrogens with one attached hydrogen (secondary N) is 2. The van der Waals surface area contributed by atoms with Crippen molar-refractivity contribution >= 4 is 23.5 Å². The van der Waals surface area contributed by atoms with Gasteiger partial charge in [-0.05, 0) is 37.1 Å². The summed E-state index contributed by atoms with van der Waals surface area (Å²) >= 11 is 0. The Bertz CT molecular complexity index is 946. The zero-order valence-electron chi connectivity index (χ0n) is 14.5. The number of rotatable bonds is 5. The number of nitrogens with zero attached hydrogens (tertiary/aromatic N) is 2. The lowest BCUT2D eigenvalue weighted by Gasteiger charge is -2.15. The molecule has 1 heterocycles. The molecule has 1 aliphatic rings. The van der Waals surface area contributed by atoms with Crippen molar-refractivity contribution in [2.75, 3.05) is 12.4 Å². The predicted octanol–water partition coefficient (Wildman–Crippen LogP) is 2.05. The van der Waals surface area contributed by atoms with E-state index in [0.29, 0.717) is 23.7 Å². The molecule has 1 aromatic carbocycles. The van der Waals surface area contributed by atoms with E-state index in [4.69, 9.17) is 5.11 Å². The number of alkyl halides is 3. The highest BCUT2D eigenvalue weighted by atomic mass is 19.4. The maximum absolute atomic E-state index is 13.3. The molecule has 0 unspecified atom stereocenters. The highest BCUT2D eigenvalue weighted by molar-refractivity contribution is 6.12. The Kier molecular flexibility index (Phi) is 4.61. The van der Waals surface area contributed by atoms with Gasteiger partial charge in [-0.2, -0.15) is 18.3 Å². The highest BCUT2D eigenvalue weighted by Crippen LogP contribution is 2.46. The first-order chi connectivity index (χ1) is 13.1. The van der Waals surface area contributed by atoms with Crippen LogP contribution in [-0.4, -0.2) is 39.7 Å². The van der Waals surface area contributed by atoms with Crippen LogP contribution in [0, 0.1) is 5.41 Å². The maximum Gasteiger partial charge on any atom is 0.434 e.